The van der Waals surface area contributed by atoms with Gasteiger partial charge < -0.3 is 5.73 Å². The minimum absolute atomic E-state index is 0.223. The highest BCUT2D eigenvalue weighted by Crippen LogP contribution is 2.38. The first-order valence-electron chi connectivity index (χ1n) is 7.44. The number of nitrogens with two attached hydrogens (primary N) is 1. The largest absolute Gasteiger partial charge is 0.324 e. The van der Waals surface area contributed by atoms with Crippen molar-refractivity contribution in [2.24, 2.45) is 23.5 Å². The molecular formula is C17H27N. The van der Waals surface area contributed by atoms with E-state index in [0.29, 0.717) is 5.92 Å². The van der Waals surface area contributed by atoms with Crippen molar-refractivity contribution in [1.29, 1.82) is 0 Å². The summed E-state index contributed by atoms with van der Waals surface area (Å²) < 4.78 is 0. The SMILES string of the molecule is CCc1ccc(C(N)C2CC(C)CC(C)C2)cc1. The number of benzene rings is 1. The van der Waals surface area contributed by atoms with E-state index in [1.807, 2.05) is 0 Å². The fraction of sp³-hybridized carbons (Fsp3) is 0.647. The fourth-order valence-electron chi connectivity index (χ4n) is 3.55. The summed E-state index contributed by atoms with van der Waals surface area (Å²) in [6.07, 6.45) is 5.06. The van der Waals surface area contributed by atoms with E-state index in [2.05, 4.69) is 45.0 Å². The second kappa shape index (κ2) is 5.88. The van der Waals surface area contributed by atoms with Gasteiger partial charge >= 0.3 is 0 Å². The predicted octanol–water partition coefficient (Wildman–Crippen LogP) is 4.32. The molecule has 1 nitrogen and oxygen atoms in total. The van der Waals surface area contributed by atoms with Gasteiger partial charge in [-0.3, -0.25) is 0 Å². The van der Waals surface area contributed by atoms with E-state index in [1.54, 1.807) is 0 Å². The Hall–Kier alpha value is -0.820. The normalized spacial score (nSPS) is 30.1. The maximum Gasteiger partial charge on any atom is 0.0323 e. The molecule has 0 heterocycles. The van der Waals surface area contributed by atoms with Gasteiger partial charge in [0.2, 0.25) is 0 Å². The third kappa shape index (κ3) is 3.14. The van der Waals surface area contributed by atoms with Crippen LogP contribution in [0.4, 0.5) is 0 Å². The Balaban J connectivity index is 2.07. The van der Waals surface area contributed by atoms with E-state index < -0.39 is 0 Å². The van der Waals surface area contributed by atoms with Gasteiger partial charge in [0.05, 0.1) is 0 Å². The van der Waals surface area contributed by atoms with Crippen LogP contribution in [-0.4, -0.2) is 0 Å². The first kappa shape index (κ1) is 13.6. The lowest BCUT2D eigenvalue weighted by Gasteiger charge is -2.35. The quantitative estimate of drug-likeness (QED) is 0.843. The van der Waals surface area contributed by atoms with Crippen molar-refractivity contribution in [3.8, 4) is 0 Å². The molecule has 0 spiro atoms. The minimum atomic E-state index is 0.223. The Bertz CT molecular complexity index is 358. The summed E-state index contributed by atoms with van der Waals surface area (Å²) in [5, 5.41) is 0. The van der Waals surface area contributed by atoms with Gasteiger partial charge in [0.25, 0.3) is 0 Å². The maximum absolute atomic E-state index is 6.49. The van der Waals surface area contributed by atoms with E-state index in [4.69, 9.17) is 5.73 Å². The van der Waals surface area contributed by atoms with Crippen LogP contribution in [0.15, 0.2) is 24.3 Å². The molecule has 3 atom stereocenters. The third-order valence-corrected chi connectivity index (χ3v) is 4.50. The highest BCUT2D eigenvalue weighted by molar-refractivity contribution is 5.25. The van der Waals surface area contributed by atoms with Crippen LogP contribution in [0.1, 0.15) is 57.2 Å². The Morgan fingerprint density at radius 3 is 2.11 bits per heavy atom. The molecule has 0 aliphatic heterocycles. The van der Waals surface area contributed by atoms with Crippen molar-refractivity contribution in [1.82, 2.24) is 0 Å². The highest BCUT2D eigenvalue weighted by atomic mass is 14.7. The van der Waals surface area contributed by atoms with Crippen molar-refractivity contribution in [2.45, 2.75) is 52.5 Å². The monoisotopic (exact) mass is 245 g/mol. The molecule has 0 aromatic heterocycles. The lowest BCUT2D eigenvalue weighted by molar-refractivity contribution is 0.193. The van der Waals surface area contributed by atoms with Crippen molar-refractivity contribution in [3.63, 3.8) is 0 Å². The summed E-state index contributed by atoms with van der Waals surface area (Å²) in [6.45, 7) is 6.94. The molecule has 0 saturated heterocycles. The van der Waals surface area contributed by atoms with Crippen LogP contribution >= 0.6 is 0 Å². The molecule has 2 rings (SSSR count). The number of hydrogen-bond donors (Lipinski definition) is 1. The number of aryl methyl sites for hydroxylation is 1. The maximum atomic E-state index is 6.49. The summed E-state index contributed by atoms with van der Waals surface area (Å²) in [5.74, 6) is 2.33. The number of rotatable bonds is 3. The molecule has 1 heteroatoms. The molecule has 1 fully saturated rings. The molecule has 1 aliphatic rings. The Kier molecular flexibility index (Phi) is 4.45. The Morgan fingerprint density at radius 1 is 1.06 bits per heavy atom. The summed E-state index contributed by atoms with van der Waals surface area (Å²) >= 11 is 0. The number of hydrogen-bond acceptors (Lipinski definition) is 1. The van der Waals surface area contributed by atoms with Crippen LogP contribution in [0.5, 0.6) is 0 Å². The highest BCUT2D eigenvalue weighted by Gasteiger charge is 2.28. The van der Waals surface area contributed by atoms with Crippen LogP contribution in [0.25, 0.3) is 0 Å². The average Bonchev–Trinajstić information content (AvgIpc) is 2.37. The second-order valence-electron chi connectivity index (χ2n) is 6.30. The fourth-order valence-corrected chi connectivity index (χ4v) is 3.55. The zero-order valence-electron chi connectivity index (χ0n) is 12.0. The third-order valence-electron chi connectivity index (χ3n) is 4.50. The van der Waals surface area contributed by atoms with Crippen molar-refractivity contribution in [2.75, 3.05) is 0 Å². The second-order valence-corrected chi connectivity index (χ2v) is 6.30. The first-order chi connectivity index (χ1) is 8.60. The van der Waals surface area contributed by atoms with E-state index in [1.165, 1.54) is 30.4 Å². The molecule has 3 unspecified atom stereocenters. The van der Waals surface area contributed by atoms with Gasteiger partial charge in [0.1, 0.15) is 0 Å². The summed E-state index contributed by atoms with van der Waals surface area (Å²) in [4.78, 5) is 0. The van der Waals surface area contributed by atoms with Gasteiger partial charge in [-0.2, -0.15) is 0 Å². The molecule has 0 amide bonds. The first-order valence-corrected chi connectivity index (χ1v) is 7.44. The molecule has 2 N–H and O–H groups in total. The van der Waals surface area contributed by atoms with Crippen LogP contribution < -0.4 is 5.73 Å². The average molecular weight is 245 g/mol. The van der Waals surface area contributed by atoms with Crippen molar-refractivity contribution < 1.29 is 0 Å². The summed E-state index contributed by atoms with van der Waals surface area (Å²) in [6, 6.07) is 9.14. The van der Waals surface area contributed by atoms with Gasteiger partial charge in [-0.25, -0.2) is 0 Å². The van der Waals surface area contributed by atoms with E-state index in [9.17, 15) is 0 Å². The zero-order chi connectivity index (χ0) is 13.1. The lowest BCUT2D eigenvalue weighted by atomic mass is 9.72. The molecule has 1 aromatic rings. The Morgan fingerprint density at radius 2 is 1.61 bits per heavy atom. The van der Waals surface area contributed by atoms with Crippen LogP contribution in [0.2, 0.25) is 0 Å². The standard InChI is InChI=1S/C17H27N/c1-4-14-5-7-15(8-6-14)17(18)16-10-12(2)9-13(3)11-16/h5-8,12-13,16-17H,4,9-11,18H2,1-3H3. The van der Waals surface area contributed by atoms with E-state index >= 15 is 0 Å². The van der Waals surface area contributed by atoms with Gasteiger partial charge in [0.15, 0.2) is 0 Å². The van der Waals surface area contributed by atoms with Gasteiger partial charge in [-0.05, 0) is 54.6 Å². The smallest absolute Gasteiger partial charge is 0.0323 e. The van der Waals surface area contributed by atoms with Gasteiger partial charge in [-0.15, -0.1) is 0 Å². The molecule has 1 aliphatic carbocycles. The van der Waals surface area contributed by atoms with Crippen molar-refractivity contribution >= 4 is 0 Å². The van der Waals surface area contributed by atoms with Gasteiger partial charge in [-0.1, -0.05) is 45.0 Å². The van der Waals surface area contributed by atoms with Gasteiger partial charge in [0, 0.05) is 6.04 Å². The van der Waals surface area contributed by atoms with E-state index in [0.717, 1.165) is 18.3 Å². The molecular weight excluding hydrogens is 218 g/mol. The lowest BCUT2D eigenvalue weighted by Crippen LogP contribution is -2.29. The minimum Gasteiger partial charge on any atom is -0.324 e. The van der Waals surface area contributed by atoms with Crippen LogP contribution in [-0.2, 0) is 6.42 Å². The Labute approximate surface area is 112 Å². The van der Waals surface area contributed by atoms with Crippen LogP contribution in [0.3, 0.4) is 0 Å². The molecule has 18 heavy (non-hydrogen) atoms. The van der Waals surface area contributed by atoms with E-state index in [-0.39, 0.29) is 6.04 Å². The molecule has 1 aromatic carbocycles. The summed E-state index contributed by atoms with van der Waals surface area (Å²) in [7, 11) is 0. The van der Waals surface area contributed by atoms with Crippen molar-refractivity contribution in [3.05, 3.63) is 35.4 Å². The summed E-state index contributed by atoms with van der Waals surface area (Å²) in [5.41, 5.74) is 9.20. The zero-order valence-corrected chi connectivity index (χ0v) is 12.0. The molecule has 1 saturated carbocycles. The molecule has 0 bridgehead atoms. The predicted molar refractivity (Wildman–Crippen MR) is 78.4 cm³/mol. The van der Waals surface area contributed by atoms with Crippen LogP contribution in [0, 0.1) is 17.8 Å². The topological polar surface area (TPSA) is 26.0 Å². The molecule has 0 radical (unpaired) electrons. The molecule has 100 valence electrons.